The number of halogens is 1. The summed E-state index contributed by atoms with van der Waals surface area (Å²) in [5, 5.41) is 2.80. The number of methoxy groups -OCH3 is 1. The zero-order chi connectivity index (χ0) is 15.1. The molecule has 0 aliphatic carbocycles. The van der Waals surface area contributed by atoms with Crippen molar-refractivity contribution >= 4 is 33.5 Å². The molecule has 1 N–H and O–H groups in total. The smallest absolute Gasteiger partial charge is 0.319 e. The van der Waals surface area contributed by atoms with Gasteiger partial charge < -0.3 is 10.1 Å². The van der Waals surface area contributed by atoms with E-state index in [2.05, 4.69) is 26.0 Å². The summed E-state index contributed by atoms with van der Waals surface area (Å²) < 4.78 is 5.52. The standard InChI is InChI=1S/C14H19BrN2O3/c1-10(2)17(9-14(19)20-3)8-13(18)16-12-6-4-5-11(15)7-12/h4-7,10H,8-9H2,1-3H3,(H,16,18). The highest BCUT2D eigenvalue weighted by Gasteiger charge is 2.17. The van der Waals surface area contributed by atoms with Crippen molar-refractivity contribution < 1.29 is 14.3 Å². The van der Waals surface area contributed by atoms with Crippen LogP contribution in [0.5, 0.6) is 0 Å². The summed E-state index contributed by atoms with van der Waals surface area (Å²) >= 11 is 3.35. The maximum atomic E-state index is 12.0. The molecule has 0 radical (unpaired) electrons. The van der Waals surface area contributed by atoms with E-state index in [1.807, 2.05) is 38.1 Å². The number of benzene rings is 1. The number of amides is 1. The van der Waals surface area contributed by atoms with E-state index in [4.69, 9.17) is 0 Å². The van der Waals surface area contributed by atoms with Crippen LogP contribution in [0.2, 0.25) is 0 Å². The van der Waals surface area contributed by atoms with Crippen molar-refractivity contribution in [1.29, 1.82) is 0 Å². The third-order valence-electron chi connectivity index (χ3n) is 2.75. The average molecular weight is 343 g/mol. The van der Waals surface area contributed by atoms with Gasteiger partial charge in [0.25, 0.3) is 0 Å². The van der Waals surface area contributed by atoms with Gasteiger partial charge in [-0.05, 0) is 32.0 Å². The Hall–Kier alpha value is -1.40. The van der Waals surface area contributed by atoms with Gasteiger partial charge in [0, 0.05) is 16.2 Å². The van der Waals surface area contributed by atoms with Gasteiger partial charge in [-0.3, -0.25) is 14.5 Å². The van der Waals surface area contributed by atoms with E-state index in [0.717, 1.165) is 4.47 Å². The van der Waals surface area contributed by atoms with E-state index < -0.39 is 0 Å². The molecule has 20 heavy (non-hydrogen) atoms. The summed E-state index contributed by atoms with van der Waals surface area (Å²) in [7, 11) is 1.34. The van der Waals surface area contributed by atoms with Crippen LogP contribution in [0.25, 0.3) is 0 Å². The van der Waals surface area contributed by atoms with Gasteiger partial charge in [-0.1, -0.05) is 22.0 Å². The first-order valence-corrected chi connectivity index (χ1v) is 7.08. The lowest BCUT2D eigenvalue weighted by Crippen LogP contribution is -2.41. The summed E-state index contributed by atoms with van der Waals surface area (Å²) in [6.45, 7) is 4.09. The Bertz CT molecular complexity index is 477. The van der Waals surface area contributed by atoms with Crippen LogP contribution in [0.15, 0.2) is 28.7 Å². The topological polar surface area (TPSA) is 58.6 Å². The molecule has 6 heteroatoms. The molecule has 0 atom stereocenters. The second kappa shape index (κ2) is 8.01. The van der Waals surface area contributed by atoms with E-state index in [-0.39, 0.29) is 31.0 Å². The first-order chi connectivity index (χ1) is 9.42. The first-order valence-electron chi connectivity index (χ1n) is 6.28. The Labute approximate surface area is 127 Å². The summed E-state index contributed by atoms with van der Waals surface area (Å²) in [6.07, 6.45) is 0. The fraction of sp³-hybridized carbons (Fsp3) is 0.429. The Balaban J connectivity index is 2.60. The Morgan fingerprint density at radius 2 is 2.05 bits per heavy atom. The summed E-state index contributed by atoms with van der Waals surface area (Å²) in [6, 6.07) is 7.42. The molecule has 0 fully saturated rings. The minimum atomic E-state index is -0.353. The van der Waals surface area contributed by atoms with Gasteiger partial charge in [-0.15, -0.1) is 0 Å². The Kier molecular flexibility index (Phi) is 6.67. The normalized spacial score (nSPS) is 10.7. The number of hydrogen-bond acceptors (Lipinski definition) is 4. The highest BCUT2D eigenvalue weighted by molar-refractivity contribution is 9.10. The summed E-state index contributed by atoms with van der Waals surface area (Å²) in [5.41, 5.74) is 0.714. The molecule has 0 aliphatic rings. The van der Waals surface area contributed by atoms with Crippen molar-refractivity contribution in [2.45, 2.75) is 19.9 Å². The van der Waals surface area contributed by atoms with Gasteiger partial charge in [0.2, 0.25) is 5.91 Å². The van der Waals surface area contributed by atoms with Crippen LogP contribution in [0.4, 0.5) is 5.69 Å². The van der Waals surface area contributed by atoms with Crippen molar-refractivity contribution in [2.75, 3.05) is 25.5 Å². The summed E-state index contributed by atoms with van der Waals surface area (Å²) in [5.74, 6) is -0.519. The highest BCUT2D eigenvalue weighted by Crippen LogP contribution is 2.15. The van der Waals surface area contributed by atoms with Crippen molar-refractivity contribution in [2.24, 2.45) is 0 Å². The largest absolute Gasteiger partial charge is 0.468 e. The monoisotopic (exact) mass is 342 g/mol. The summed E-state index contributed by atoms with van der Waals surface area (Å²) in [4.78, 5) is 25.0. The number of rotatable bonds is 6. The fourth-order valence-electron chi connectivity index (χ4n) is 1.60. The van der Waals surface area contributed by atoms with Gasteiger partial charge in [0.15, 0.2) is 0 Å². The van der Waals surface area contributed by atoms with E-state index in [1.54, 1.807) is 4.90 Å². The number of ether oxygens (including phenoxy) is 1. The zero-order valence-corrected chi connectivity index (χ0v) is 13.4. The molecule has 0 spiro atoms. The minimum Gasteiger partial charge on any atom is -0.468 e. The number of hydrogen-bond donors (Lipinski definition) is 1. The van der Waals surface area contributed by atoms with Crippen LogP contribution in [0.1, 0.15) is 13.8 Å². The number of nitrogens with zero attached hydrogens (tertiary/aromatic N) is 1. The molecule has 1 aromatic carbocycles. The molecule has 0 unspecified atom stereocenters. The van der Waals surface area contributed by atoms with E-state index in [1.165, 1.54) is 7.11 Å². The van der Waals surface area contributed by atoms with E-state index in [0.29, 0.717) is 5.69 Å². The van der Waals surface area contributed by atoms with Crippen LogP contribution in [0, 0.1) is 0 Å². The van der Waals surface area contributed by atoms with Crippen molar-refractivity contribution in [3.63, 3.8) is 0 Å². The zero-order valence-electron chi connectivity index (χ0n) is 11.9. The predicted molar refractivity (Wildman–Crippen MR) is 81.5 cm³/mol. The lowest BCUT2D eigenvalue weighted by atomic mass is 10.3. The maximum Gasteiger partial charge on any atom is 0.319 e. The first kappa shape index (κ1) is 16.7. The molecule has 0 aliphatic heterocycles. The van der Waals surface area contributed by atoms with E-state index >= 15 is 0 Å². The number of carbonyl (C=O) groups excluding carboxylic acids is 2. The van der Waals surface area contributed by atoms with E-state index in [9.17, 15) is 9.59 Å². The molecule has 0 aromatic heterocycles. The van der Waals surface area contributed by atoms with Crippen LogP contribution < -0.4 is 5.32 Å². The Morgan fingerprint density at radius 1 is 1.35 bits per heavy atom. The van der Waals surface area contributed by atoms with Crippen molar-refractivity contribution in [1.82, 2.24) is 4.90 Å². The molecule has 1 aromatic rings. The van der Waals surface area contributed by atoms with Crippen molar-refractivity contribution in [3.8, 4) is 0 Å². The molecule has 1 rings (SSSR count). The molecule has 110 valence electrons. The predicted octanol–water partition coefficient (Wildman–Crippen LogP) is 2.27. The molecule has 5 nitrogen and oxygen atoms in total. The molecule has 0 saturated carbocycles. The second-order valence-electron chi connectivity index (χ2n) is 4.63. The maximum absolute atomic E-state index is 12.0. The minimum absolute atomic E-state index is 0.0716. The molecular formula is C14H19BrN2O3. The molecule has 0 bridgehead atoms. The van der Waals surface area contributed by atoms with Gasteiger partial charge in [-0.25, -0.2) is 0 Å². The highest BCUT2D eigenvalue weighted by atomic mass is 79.9. The number of anilines is 1. The van der Waals surface area contributed by atoms with Crippen LogP contribution in [-0.2, 0) is 14.3 Å². The third kappa shape index (κ3) is 5.71. The number of carbonyl (C=O) groups is 2. The van der Waals surface area contributed by atoms with Crippen molar-refractivity contribution in [3.05, 3.63) is 28.7 Å². The van der Waals surface area contributed by atoms with Gasteiger partial charge >= 0.3 is 5.97 Å². The number of nitrogens with one attached hydrogen (secondary N) is 1. The quantitative estimate of drug-likeness (QED) is 0.805. The molecule has 0 heterocycles. The SMILES string of the molecule is COC(=O)CN(CC(=O)Nc1cccc(Br)c1)C(C)C. The molecular weight excluding hydrogens is 324 g/mol. The van der Waals surface area contributed by atoms with Crippen LogP contribution in [0.3, 0.4) is 0 Å². The lowest BCUT2D eigenvalue weighted by Gasteiger charge is -2.24. The second-order valence-corrected chi connectivity index (χ2v) is 5.55. The number of esters is 1. The average Bonchev–Trinajstić information content (AvgIpc) is 2.37. The third-order valence-corrected chi connectivity index (χ3v) is 3.24. The lowest BCUT2D eigenvalue weighted by molar-refractivity contribution is -0.142. The molecule has 0 saturated heterocycles. The Morgan fingerprint density at radius 3 is 2.60 bits per heavy atom. The van der Waals surface area contributed by atoms with Crippen LogP contribution in [-0.4, -0.2) is 43.0 Å². The van der Waals surface area contributed by atoms with Gasteiger partial charge in [0.1, 0.15) is 0 Å². The van der Waals surface area contributed by atoms with Gasteiger partial charge in [-0.2, -0.15) is 0 Å². The molecule has 1 amide bonds. The fourth-order valence-corrected chi connectivity index (χ4v) is 2.00. The van der Waals surface area contributed by atoms with Gasteiger partial charge in [0.05, 0.1) is 20.2 Å². The van der Waals surface area contributed by atoms with Crippen LogP contribution >= 0.6 is 15.9 Å².